The van der Waals surface area contributed by atoms with Crippen LogP contribution in [0.25, 0.3) is 0 Å². The highest BCUT2D eigenvalue weighted by molar-refractivity contribution is 9.10. The van der Waals surface area contributed by atoms with Crippen LogP contribution in [0.5, 0.6) is 5.75 Å². The predicted octanol–water partition coefficient (Wildman–Crippen LogP) is 4.21. The highest BCUT2D eigenvalue weighted by Crippen LogP contribution is 2.13. The van der Waals surface area contributed by atoms with Crippen molar-refractivity contribution in [2.45, 2.75) is 19.8 Å². The molecule has 0 heterocycles. The van der Waals surface area contributed by atoms with Gasteiger partial charge in [0.05, 0.1) is 6.54 Å². The monoisotopic (exact) mass is 361 g/mol. The van der Waals surface area contributed by atoms with E-state index >= 15 is 0 Å². The Kier molecular flexibility index (Phi) is 6.46. The number of hydrogen-bond acceptors (Lipinski definition) is 2. The second-order valence-electron chi connectivity index (χ2n) is 5.01. The molecule has 0 aliphatic rings. The molecule has 0 spiro atoms. The molecule has 2 rings (SSSR count). The molecule has 2 aromatic carbocycles. The van der Waals surface area contributed by atoms with Crippen molar-refractivity contribution in [1.82, 2.24) is 5.32 Å². The Morgan fingerprint density at radius 1 is 1.09 bits per heavy atom. The fourth-order valence-electron chi connectivity index (χ4n) is 2.08. The normalized spacial score (nSPS) is 10.3. The first-order valence-corrected chi connectivity index (χ1v) is 8.24. The number of amides is 1. The van der Waals surface area contributed by atoms with Crippen LogP contribution >= 0.6 is 15.9 Å². The van der Waals surface area contributed by atoms with E-state index in [1.165, 1.54) is 5.56 Å². The van der Waals surface area contributed by atoms with Crippen LogP contribution in [0.1, 0.15) is 29.3 Å². The van der Waals surface area contributed by atoms with Gasteiger partial charge in [0, 0.05) is 10.0 Å². The van der Waals surface area contributed by atoms with E-state index in [2.05, 4.69) is 40.3 Å². The number of halogens is 1. The summed E-state index contributed by atoms with van der Waals surface area (Å²) in [5.74, 6) is 0.743. The van der Waals surface area contributed by atoms with Crippen molar-refractivity contribution in [2.75, 3.05) is 13.2 Å². The number of carbonyl (C=O) groups is 1. The zero-order valence-electron chi connectivity index (χ0n) is 12.6. The smallest absolute Gasteiger partial charge is 0.251 e. The van der Waals surface area contributed by atoms with Crippen LogP contribution in [0.4, 0.5) is 0 Å². The summed E-state index contributed by atoms with van der Waals surface area (Å²) in [6, 6.07) is 15.4. The fraction of sp³-hybridized carbons (Fsp3) is 0.278. The molecular formula is C18H20BrNO2. The number of aryl methyl sites for hydroxylation is 1. The maximum absolute atomic E-state index is 11.9. The predicted molar refractivity (Wildman–Crippen MR) is 92.4 cm³/mol. The molecule has 4 heteroatoms. The molecule has 0 aromatic heterocycles. The van der Waals surface area contributed by atoms with Crippen molar-refractivity contribution >= 4 is 21.8 Å². The van der Waals surface area contributed by atoms with Gasteiger partial charge in [-0.05, 0) is 48.4 Å². The molecule has 0 radical (unpaired) electrons. The van der Waals surface area contributed by atoms with Gasteiger partial charge >= 0.3 is 0 Å². The Bertz CT molecular complexity index is 593. The SMILES string of the molecule is CCCc1ccc(OCCNC(=O)c2ccc(Br)cc2)cc1. The van der Waals surface area contributed by atoms with Crippen LogP contribution in [-0.4, -0.2) is 19.1 Å². The Morgan fingerprint density at radius 3 is 2.41 bits per heavy atom. The van der Waals surface area contributed by atoms with Crippen LogP contribution < -0.4 is 10.1 Å². The molecule has 0 saturated heterocycles. The Hall–Kier alpha value is -1.81. The number of benzene rings is 2. The first-order valence-electron chi connectivity index (χ1n) is 7.44. The van der Waals surface area contributed by atoms with Gasteiger partial charge in [0.15, 0.2) is 0 Å². The molecule has 0 aliphatic carbocycles. The van der Waals surface area contributed by atoms with Crippen LogP contribution in [-0.2, 0) is 6.42 Å². The van der Waals surface area contributed by atoms with Crippen molar-refractivity contribution in [1.29, 1.82) is 0 Å². The third-order valence-corrected chi connectivity index (χ3v) is 3.75. The molecular weight excluding hydrogens is 342 g/mol. The third-order valence-electron chi connectivity index (χ3n) is 3.22. The van der Waals surface area contributed by atoms with Crippen molar-refractivity contribution in [3.8, 4) is 5.75 Å². The lowest BCUT2D eigenvalue weighted by molar-refractivity contribution is 0.0947. The largest absolute Gasteiger partial charge is 0.492 e. The molecule has 0 atom stereocenters. The highest BCUT2D eigenvalue weighted by atomic mass is 79.9. The van der Waals surface area contributed by atoms with E-state index in [4.69, 9.17) is 4.74 Å². The summed E-state index contributed by atoms with van der Waals surface area (Å²) < 4.78 is 6.58. The van der Waals surface area contributed by atoms with Gasteiger partial charge in [-0.25, -0.2) is 0 Å². The van der Waals surface area contributed by atoms with Crippen molar-refractivity contribution in [3.63, 3.8) is 0 Å². The standard InChI is InChI=1S/C18H20BrNO2/c1-2-3-14-4-10-17(11-5-14)22-13-12-20-18(21)15-6-8-16(19)9-7-15/h4-11H,2-3,12-13H2,1H3,(H,20,21). The van der Waals surface area contributed by atoms with Gasteiger partial charge in [-0.3, -0.25) is 4.79 Å². The van der Waals surface area contributed by atoms with E-state index in [9.17, 15) is 4.79 Å². The van der Waals surface area contributed by atoms with Gasteiger partial charge in [-0.15, -0.1) is 0 Å². The average Bonchev–Trinajstić information content (AvgIpc) is 2.54. The van der Waals surface area contributed by atoms with Crippen molar-refractivity contribution in [2.24, 2.45) is 0 Å². The molecule has 0 aliphatic heterocycles. The van der Waals surface area contributed by atoms with E-state index in [1.54, 1.807) is 12.1 Å². The summed E-state index contributed by atoms with van der Waals surface area (Å²) in [7, 11) is 0. The van der Waals surface area contributed by atoms with Crippen LogP contribution in [0.2, 0.25) is 0 Å². The van der Waals surface area contributed by atoms with E-state index in [-0.39, 0.29) is 5.91 Å². The summed E-state index contributed by atoms with van der Waals surface area (Å²) in [6.07, 6.45) is 2.23. The fourth-order valence-corrected chi connectivity index (χ4v) is 2.34. The van der Waals surface area contributed by atoms with Gasteiger partial charge in [0.1, 0.15) is 12.4 Å². The maximum atomic E-state index is 11.9. The zero-order valence-corrected chi connectivity index (χ0v) is 14.2. The molecule has 1 N–H and O–H groups in total. The molecule has 1 amide bonds. The topological polar surface area (TPSA) is 38.3 Å². The van der Waals surface area contributed by atoms with Crippen LogP contribution in [0, 0.1) is 0 Å². The minimum Gasteiger partial charge on any atom is -0.492 e. The molecule has 2 aromatic rings. The second-order valence-corrected chi connectivity index (χ2v) is 5.92. The summed E-state index contributed by atoms with van der Waals surface area (Å²) in [4.78, 5) is 11.9. The van der Waals surface area contributed by atoms with E-state index < -0.39 is 0 Å². The van der Waals surface area contributed by atoms with Gasteiger partial charge in [-0.1, -0.05) is 41.4 Å². The summed E-state index contributed by atoms with van der Waals surface area (Å²) in [6.45, 7) is 3.10. The minimum atomic E-state index is -0.0885. The minimum absolute atomic E-state index is 0.0885. The van der Waals surface area contributed by atoms with E-state index in [1.807, 2.05) is 24.3 Å². The molecule has 3 nitrogen and oxygen atoms in total. The highest BCUT2D eigenvalue weighted by Gasteiger charge is 2.04. The molecule has 116 valence electrons. The molecule has 22 heavy (non-hydrogen) atoms. The van der Waals surface area contributed by atoms with Crippen molar-refractivity contribution in [3.05, 3.63) is 64.1 Å². The zero-order chi connectivity index (χ0) is 15.8. The van der Waals surface area contributed by atoms with Gasteiger partial charge < -0.3 is 10.1 Å². The average molecular weight is 362 g/mol. The maximum Gasteiger partial charge on any atom is 0.251 e. The van der Waals surface area contributed by atoms with Gasteiger partial charge in [0.2, 0.25) is 0 Å². The number of ether oxygens (including phenoxy) is 1. The lowest BCUT2D eigenvalue weighted by Gasteiger charge is -2.08. The second kappa shape index (κ2) is 8.59. The summed E-state index contributed by atoms with van der Waals surface area (Å²) in [5.41, 5.74) is 1.96. The molecule has 0 bridgehead atoms. The van der Waals surface area contributed by atoms with E-state index in [0.29, 0.717) is 18.7 Å². The van der Waals surface area contributed by atoms with Gasteiger partial charge in [-0.2, -0.15) is 0 Å². The molecule has 0 saturated carbocycles. The lowest BCUT2D eigenvalue weighted by atomic mass is 10.1. The number of rotatable bonds is 7. The summed E-state index contributed by atoms with van der Waals surface area (Å²) in [5, 5.41) is 2.84. The number of hydrogen-bond donors (Lipinski definition) is 1. The first kappa shape index (κ1) is 16.6. The quantitative estimate of drug-likeness (QED) is 0.750. The lowest BCUT2D eigenvalue weighted by Crippen LogP contribution is -2.28. The number of nitrogens with one attached hydrogen (secondary N) is 1. The van der Waals surface area contributed by atoms with Gasteiger partial charge in [0.25, 0.3) is 5.91 Å². The number of carbonyl (C=O) groups excluding carboxylic acids is 1. The Labute approximate surface area is 139 Å². The van der Waals surface area contributed by atoms with Crippen LogP contribution in [0.3, 0.4) is 0 Å². The summed E-state index contributed by atoms with van der Waals surface area (Å²) >= 11 is 3.35. The Morgan fingerprint density at radius 2 is 1.77 bits per heavy atom. The molecule has 0 unspecified atom stereocenters. The van der Waals surface area contributed by atoms with Crippen LogP contribution in [0.15, 0.2) is 53.0 Å². The first-order chi connectivity index (χ1) is 10.7. The van der Waals surface area contributed by atoms with Crippen molar-refractivity contribution < 1.29 is 9.53 Å². The third kappa shape index (κ3) is 5.19. The molecule has 0 fully saturated rings. The van der Waals surface area contributed by atoms with E-state index in [0.717, 1.165) is 23.1 Å². The Balaban J connectivity index is 1.72.